The van der Waals surface area contributed by atoms with E-state index in [-0.39, 0.29) is 23.0 Å². The highest BCUT2D eigenvalue weighted by Crippen LogP contribution is 2.22. The molecule has 0 aromatic heterocycles. The molecule has 0 saturated carbocycles. The molecule has 4 heteroatoms. The van der Waals surface area contributed by atoms with Crippen LogP contribution >= 0.6 is 11.6 Å². The second-order valence-corrected chi connectivity index (χ2v) is 4.77. The van der Waals surface area contributed by atoms with E-state index in [2.05, 4.69) is 5.32 Å². The van der Waals surface area contributed by atoms with E-state index in [9.17, 15) is 4.39 Å². The highest BCUT2D eigenvalue weighted by molar-refractivity contribution is 6.30. The minimum atomic E-state index is -0.313. The molecule has 1 aromatic carbocycles. The summed E-state index contributed by atoms with van der Waals surface area (Å²) in [5.74, 6) is -0.313. The van der Waals surface area contributed by atoms with Crippen LogP contribution in [0, 0.1) is 5.82 Å². The fourth-order valence-corrected chi connectivity index (χ4v) is 2.48. The lowest BCUT2D eigenvalue weighted by Gasteiger charge is -2.22. The van der Waals surface area contributed by atoms with Gasteiger partial charge in [0, 0.05) is 12.6 Å². The van der Waals surface area contributed by atoms with Gasteiger partial charge in [-0.3, -0.25) is 0 Å². The zero-order chi connectivity index (χ0) is 12.3. The lowest BCUT2D eigenvalue weighted by molar-refractivity contribution is 0.0806. The molecule has 0 bridgehead atoms. The van der Waals surface area contributed by atoms with Gasteiger partial charge in [-0.05, 0) is 37.9 Å². The molecule has 1 aliphatic heterocycles. The molecule has 1 aromatic rings. The predicted molar refractivity (Wildman–Crippen MR) is 66.9 cm³/mol. The Labute approximate surface area is 106 Å². The largest absolute Gasteiger partial charge is 0.377 e. The number of nitrogens with one attached hydrogen (secondary N) is 1. The van der Waals surface area contributed by atoms with Crippen LogP contribution in [0.15, 0.2) is 18.2 Å². The first-order chi connectivity index (χ1) is 8.22. The van der Waals surface area contributed by atoms with Crippen LogP contribution in [0.1, 0.15) is 18.4 Å². The highest BCUT2D eigenvalue weighted by atomic mass is 35.5. The molecule has 0 spiro atoms. The van der Waals surface area contributed by atoms with Crippen molar-refractivity contribution in [3.05, 3.63) is 34.6 Å². The molecule has 2 nitrogen and oxygen atoms in total. The SMILES string of the molecule is CNC(Cc1cccc(Cl)c1F)C1CCCO1. The molecule has 1 heterocycles. The third-order valence-electron chi connectivity index (χ3n) is 3.26. The van der Waals surface area contributed by atoms with E-state index < -0.39 is 0 Å². The lowest BCUT2D eigenvalue weighted by atomic mass is 9.99. The van der Waals surface area contributed by atoms with E-state index in [1.54, 1.807) is 18.2 Å². The molecule has 2 unspecified atom stereocenters. The molecule has 0 amide bonds. The summed E-state index contributed by atoms with van der Waals surface area (Å²) in [6.45, 7) is 0.806. The van der Waals surface area contributed by atoms with E-state index in [0.29, 0.717) is 12.0 Å². The number of hydrogen-bond donors (Lipinski definition) is 1. The molecule has 1 fully saturated rings. The molecule has 1 N–H and O–H groups in total. The number of hydrogen-bond acceptors (Lipinski definition) is 2. The van der Waals surface area contributed by atoms with E-state index in [0.717, 1.165) is 19.4 Å². The Hall–Kier alpha value is -0.640. The van der Waals surface area contributed by atoms with Gasteiger partial charge >= 0.3 is 0 Å². The summed E-state index contributed by atoms with van der Waals surface area (Å²) in [6.07, 6.45) is 2.90. The van der Waals surface area contributed by atoms with E-state index in [4.69, 9.17) is 16.3 Å². The van der Waals surface area contributed by atoms with Crippen molar-refractivity contribution in [3.8, 4) is 0 Å². The zero-order valence-corrected chi connectivity index (χ0v) is 10.6. The average Bonchev–Trinajstić information content (AvgIpc) is 2.85. The van der Waals surface area contributed by atoms with Crippen molar-refractivity contribution in [1.29, 1.82) is 0 Å². The first kappa shape index (κ1) is 12.8. The van der Waals surface area contributed by atoms with Gasteiger partial charge in [-0.25, -0.2) is 4.39 Å². The smallest absolute Gasteiger partial charge is 0.145 e. The first-order valence-electron chi connectivity index (χ1n) is 5.94. The maximum absolute atomic E-state index is 13.8. The monoisotopic (exact) mass is 257 g/mol. The van der Waals surface area contributed by atoms with E-state index in [1.165, 1.54) is 0 Å². The van der Waals surface area contributed by atoms with Gasteiger partial charge < -0.3 is 10.1 Å². The molecule has 0 radical (unpaired) electrons. The third-order valence-corrected chi connectivity index (χ3v) is 3.55. The summed E-state index contributed by atoms with van der Waals surface area (Å²) in [5.41, 5.74) is 0.646. The molecule has 2 rings (SSSR count). The van der Waals surface area contributed by atoms with Crippen LogP contribution in [-0.4, -0.2) is 25.8 Å². The fraction of sp³-hybridized carbons (Fsp3) is 0.538. The van der Waals surface area contributed by atoms with Gasteiger partial charge in [-0.2, -0.15) is 0 Å². The highest BCUT2D eigenvalue weighted by Gasteiger charge is 2.25. The van der Waals surface area contributed by atoms with Crippen molar-refractivity contribution in [2.24, 2.45) is 0 Å². The van der Waals surface area contributed by atoms with E-state index >= 15 is 0 Å². The third kappa shape index (κ3) is 2.97. The molecular weight excluding hydrogens is 241 g/mol. The molecular formula is C13H17ClFNO. The van der Waals surface area contributed by atoms with Crippen molar-refractivity contribution >= 4 is 11.6 Å². The van der Waals surface area contributed by atoms with Gasteiger partial charge in [0.15, 0.2) is 0 Å². The van der Waals surface area contributed by atoms with Crippen LogP contribution in [0.2, 0.25) is 5.02 Å². The number of rotatable bonds is 4. The minimum Gasteiger partial charge on any atom is -0.377 e. The standard InChI is InChI=1S/C13H17ClFNO/c1-16-11(12-6-3-7-17-12)8-9-4-2-5-10(14)13(9)15/h2,4-5,11-12,16H,3,6-8H2,1H3. The van der Waals surface area contributed by atoms with Crippen LogP contribution in [0.25, 0.3) is 0 Å². The van der Waals surface area contributed by atoms with Crippen molar-refractivity contribution < 1.29 is 9.13 Å². The summed E-state index contributed by atoms with van der Waals surface area (Å²) in [5, 5.41) is 3.39. The fourth-order valence-electron chi connectivity index (χ4n) is 2.28. The van der Waals surface area contributed by atoms with Gasteiger partial charge in [0.25, 0.3) is 0 Å². The summed E-state index contributed by atoms with van der Waals surface area (Å²) in [4.78, 5) is 0. The Bertz CT molecular complexity index is 380. The quantitative estimate of drug-likeness (QED) is 0.896. The van der Waals surface area contributed by atoms with Crippen molar-refractivity contribution in [2.75, 3.05) is 13.7 Å². The summed E-state index contributed by atoms with van der Waals surface area (Å²) in [6, 6.07) is 5.27. The van der Waals surface area contributed by atoms with Gasteiger partial charge in [0.05, 0.1) is 11.1 Å². The molecule has 0 aliphatic carbocycles. The van der Waals surface area contributed by atoms with Gasteiger partial charge in [0.2, 0.25) is 0 Å². The number of benzene rings is 1. The first-order valence-corrected chi connectivity index (χ1v) is 6.32. The van der Waals surface area contributed by atoms with Crippen LogP contribution in [-0.2, 0) is 11.2 Å². The summed E-state index contributed by atoms with van der Waals surface area (Å²) in [7, 11) is 1.88. The van der Waals surface area contributed by atoms with Gasteiger partial charge in [-0.1, -0.05) is 23.7 Å². The normalized spacial score (nSPS) is 21.7. The second-order valence-electron chi connectivity index (χ2n) is 4.36. The van der Waals surface area contributed by atoms with Crippen LogP contribution in [0.3, 0.4) is 0 Å². The van der Waals surface area contributed by atoms with Gasteiger partial charge in [0.1, 0.15) is 5.82 Å². The van der Waals surface area contributed by atoms with Crippen LogP contribution < -0.4 is 5.32 Å². The molecule has 1 saturated heterocycles. The lowest BCUT2D eigenvalue weighted by Crippen LogP contribution is -2.39. The number of halogens is 2. The molecule has 1 aliphatic rings. The van der Waals surface area contributed by atoms with E-state index in [1.807, 2.05) is 7.05 Å². The molecule has 2 atom stereocenters. The Balaban J connectivity index is 2.09. The molecule has 17 heavy (non-hydrogen) atoms. The maximum atomic E-state index is 13.8. The second kappa shape index (κ2) is 5.80. The summed E-state index contributed by atoms with van der Waals surface area (Å²) < 4.78 is 19.4. The van der Waals surface area contributed by atoms with Crippen molar-refractivity contribution in [3.63, 3.8) is 0 Å². The van der Waals surface area contributed by atoms with Crippen LogP contribution in [0.4, 0.5) is 4.39 Å². The molecule has 94 valence electrons. The Morgan fingerprint density at radius 2 is 2.41 bits per heavy atom. The Morgan fingerprint density at radius 1 is 1.59 bits per heavy atom. The predicted octanol–water partition coefficient (Wildman–Crippen LogP) is 2.79. The zero-order valence-electron chi connectivity index (χ0n) is 9.88. The van der Waals surface area contributed by atoms with Crippen molar-refractivity contribution in [2.45, 2.75) is 31.4 Å². The topological polar surface area (TPSA) is 21.3 Å². The van der Waals surface area contributed by atoms with Gasteiger partial charge in [-0.15, -0.1) is 0 Å². The van der Waals surface area contributed by atoms with Crippen molar-refractivity contribution in [1.82, 2.24) is 5.32 Å². The average molecular weight is 258 g/mol. The Kier molecular flexibility index (Phi) is 4.37. The minimum absolute atomic E-state index is 0.144. The summed E-state index contributed by atoms with van der Waals surface area (Å²) >= 11 is 5.77. The number of likely N-dealkylation sites (N-methyl/N-ethyl adjacent to an activating group) is 1. The van der Waals surface area contributed by atoms with Crippen LogP contribution in [0.5, 0.6) is 0 Å². The maximum Gasteiger partial charge on any atom is 0.145 e. The number of ether oxygens (including phenoxy) is 1. The Morgan fingerprint density at radius 3 is 3.06 bits per heavy atom.